The molecule has 7 heteroatoms. The second-order valence-electron chi connectivity index (χ2n) is 4.60. The van der Waals surface area contributed by atoms with Crippen molar-refractivity contribution in [2.75, 3.05) is 18.5 Å². The number of ether oxygens (including phenoxy) is 1. The fraction of sp³-hybridized carbons (Fsp3) is 0.583. The molecule has 0 unspecified atom stereocenters. The van der Waals surface area contributed by atoms with Crippen LogP contribution >= 0.6 is 11.3 Å². The largest absolute Gasteiger partial charge is 0.476 e. The zero-order valence-electron chi connectivity index (χ0n) is 11.4. The van der Waals surface area contributed by atoms with Crippen molar-refractivity contribution in [2.24, 2.45) is 0 Å². The minimum atomic E-state index is -1.20. The van der Waals surface area contributed by atoms with Crippen LogP contribution in [-0.2, 0) is 4.74 Å². The van der Waals surface area contributed by atoms with Crippen molar-refractivity contribution in [3.8, 4) is 0 Å². The van der Waals surface area contributed by atoms with Crippen molar-refractivity contribution < 1.29 is 19.4 Å². The van der Waals surface area contributed by atoms with Crippen molar-refractivity contribution in [3.05, 3.63) is 10.6 Å². The van der Waals surface area contributed by atoms with E-state index in [0.29, 0.717) is 18.3 Å². The van der Waals surface area contributed by atoms with Crippen LogP contribution in [0.3, 0.4) is 0 Å². The van der Waals surface area contributed by atoms with E-state index in [2.05, 4.69) is 10.3 Å². The first-order chi connectivity index (χ1) is 8.76. The van der Waals surface area contributed by atoms with Crippen molar-refractivity contribution in [3.63, 3.8) is 0 Å². The van der Waals surface area contributed by atoms with Gasteiger partial charge in [0, 0.05) is 20.1 Å². The number of ketones is 1. The zero-order valence-corrected chi connectivity index (χ0v) is 12.3. The first-order valence-electron chi connectivity index (χ1n) is 5.89. The number of carboxylic acids is 1. The van der Waals surface area contributed by atoms with E-state index in [9.17, 15) is 9.59 Å². The molecular weight excluding hydrogens is 268 g/mol. The third kappa shape index (κ3) is 4.29. The molecule has 6 nitrogen and oxygen atoms in total. The molecule has 0 amide bonds. The molecule has 2 N–H and O–H groups in total. The van der Waals surface area contributed by atoms with Gasteiger partial charge in [-0.2, -0.15) is 0 Å². The van der Waals surface area contributed by atoms with Gasteiger partial charge in [0.2, 0.25) is 0 Å². The highest BCUT2D eigenvalue weighted by atomic mass is 32.1. The van der Waals surface area contributed by atoms with E-state index in [0.717, 1.165) is 11.3 Å². The van der Waals surface area contributed by atoms with Crippen LogP contribution in [0.15, 0.2) is 0 Å². The number of aromatic carboxylic acids is 1. The predicted octanol–water partition coefficient (Wildman–Crippen LogP) is 2.27. The number of carbonyl (C=O) groups excluding carboxylic acids is 1. The molecule has 0 saturated carbocycles. The highest BCUT2D eigenvalue weighted by Gasteiger charge is 2.22. The highest BCUT2D eigenvalue weighted by molar-refractivity contribution is 7.17. The third-order valence-corrected chi connectivity index (χ3v) is 3.46. The van der Waals surface area contributed by atoms with Gasteiger partial charge in [-0.1, -0.05) is 11.3 Å². The van der Waals surface area contributed by atoms with Crippen LogP contribution < -0.4 is 5.32 Å². The van der Waals surface area contributed by atoms with Gasteiger partial charge in [-0.15, -0.1) is 0 Å². The van der Waals surface area contributed by atoms with Crippen LogP contribution in [0.1, 0.15) is 47.9 Å². The number of hydrogen-bond donors (Lipinski definition) is 2. The number of nitrogens with zero attached hydrogens (tertiary/aromatic N) is 1. The monoisotopic (exact) mass is 286 g/mol. The Morgan fingerprint density at radius 2 is 2.11 bits per heavy atom. The average molecular weight is 286 g/mol. The highest BCUT2D eigenvalue weighted by Crippen LogP contribution is 2.24. The second kappa shape index (κ2) is 6.12. The molecule has 0 radical (unpaired) electrons. The minimum Gasteiger partial charge on any atom is -0.476 e. The van der Waals surface area contributed by atoms with Gasteiger partial charge in [0.05, 0.1) is 5.60 Å². The summed E-state index contributed by atoms with van der Waals surface area (Å²) in [6.07, 6.45) is 0. The molecule has 1 rings (SSSR count). The molecule has 0 fully saturated rings. The molecule has 0 aliphatic carbocycles. The van der Waals surface area contributed by atoms with Gasteiger partial charge in [-0.3, -0.25) is 4.79 Å². The molecule has 0 aliphatic heterocycles. The second-order valence-corrected chi connectivity index (χ2v) is 5.60. The maximum absolute atomic E-state index is 11.3. The topological polar surface area (TPSA) is 88.5 Å². The molecule has 0 saturated heterocycles. The van der Waals surface area contributed by atoms with Gasteiger partial charge >= 0.3 is 5.97 Å². The zero-order chi connectivity index (χ0) is 14.6. The summed E-state index contributed by atoms with van der Waals surface area (Å²) in [6.45, 7) is 8.13. The number of hydrogen-bond acceptors (Lipinski definition) is 6. The summed E-state index contributed by atoms with van der Waals surface area (Å²) in [5, 5.41) is 12.4. The van der Waals surface area contributed by atoms with E-state index >= 15 is 0 Å². The summed E-state index contributed by atoms with van der Waals surface area (Å²) in [6, 6.07) is 0. The van der Waals surface area contributed by atoms with E-state index in [1.807, 2.05) is 20.8 Å². The number of carbonyl (C=O) groups is 2. The van der Waals surface area contributed by atoms with Crippen molar-refractivity contribution in [1.82, 2.24) is 4.98 Å². The van der Waals surface area contributed by atoms with E-state index < -0.39 is 5.97 Å². The van der Waals surface area contributed by atoms with Crippen LogP contribution in [0.5, 0.6) is 0 Å². The molecule has 1 aromatic rings. The van der Waals surface area contributed by atoms with E-state index in [1.54, 1.807) is 0 Å². The molecule has 106 valence electrons. The standard InChI is InChI=1S/C12H18N2O4S/c1-5-18-12(3,4)6-13-11-14-8(10(16)17)9(19-11)7(2)15/h5-6H2,1-4H3,(H,13,14)(H,16,17). The first kappa shape index (κ1) is 15.6. The van der Waals surface area contributed by atoms with E-state index in [-0.39, 0.29) is 22.0 Å². The molecule has 1 heterocycles. The first-order valence-corrected chi connectivity index (χ1v) is 6.71. The number of Topliss-reactive ketones (excluding diaryl/α,β-unsaturated/α-hetero) is 1. The SMILES string of the molecule is CCOC(C)(C)CNc1nc(C(=O)O)c(C(C)=O)s1. The van der Waals surface area contributed by atoms with Crippen LogP contribution in [-0.4, -0.2) is 40.6 Å². The fourth-order valence-electron chi connectivity index (χ4n) is 1.51. The normalized spacial score (nSPS) is 11.4. The lowest BCUT2D eigenvalue weighted by Crippen LogP contribution is -2.33. The van der Waals surface area contributed by atoms with Crippen LogP contribution in [0, 0.1) is 0 Å². The van der Waals surface area contributed by atoms with Gasteiger partial charge in [0.15, 0.2) is 16.6 Å². The Hall–Kier alpha value is -1.47. The molecule has 0 atom stereocenters. The summed E-state index contributed by atoms with van der Waals surface area (Å²) < 4.78 is 5.51. The number of aromatic nitrogens is 1. The molecule has 0 bridgehead atoms. The number of anilines is 1. The fourth-order valence-corrected chi connectivity index (χ4v) is 2.36. The Morgan fingerprint density at radius 1 is 1.47 bits per heavy atom. The van der Waals surface area contributed by atoms with Gasteiger partial charge in [0.1, 0.15) is 4.88 Å². The smallest absolute Gasteiger partial charge is 0.356 e. The molecule has 1 aromatic heterocycles. The lowest BCUT2D eigenvalue weighted by atomic mass is 10.1. The number of rotatable bonds is 7. The predicted molar refractivity (Wildman–Crippen MR) is 73.3 cm³/mol. The maximum atomic E-state index is 11.3. The number of nitrogens with one attached hydrogen (secondary N) is 1. The maximum Gasteiger partial charge on any atom is 0.356 e. The third-order valence-electron chi connectivity index (χ3n) is 2.35. The molecule has 0 aliphatic rings. The molecule has 19 heavy (non-hydrogen) atoms. The summed E-state index contributed by atoms with van der Waals surface area (Å²) in [7, 11) is 0. The Balaban J connectivity index is 2.83. The summed E-state index contributed by atoms with van der Waals surface area (Å²) in [4.78, 5) is 26.4. The molecule has 0 spiro atoms. The Labute approximate surface area is 115 Å². The Bertz CT molecular complexity index is 451. The summed E-state index contributed by atoms with van der Waals surface area (Å²) in [5.74, 6) is -1.49. The lowest BCUT2D eigenvalue weighted by Gasteiger charge is -2.24. The van der Waals surface area contributed by atoms with E-state index in [1.165, 1.54) is 6.92 Å². The lowest BCUT2D eigenvalue weighted by molar-refractivity contribution is 0.000692. The van der Waals surface area contributed by atoms with Crippen LogP contribution in [0.2, 0.25) is 0 Å². The van der Waals surface area contributed by atoms with Crippen molar-refractivity contribution in [2.45, 2.75) is 33.3 Å². The number of thiazole rings is 1. The van der Waals surface area contributed by atoms with Crippen molar-refractivity contribution in [1.29, 1.82) is 0 Å². The van der Waals surface area contributed by atoms with Gasteiger partial charge in [-0.05, 0) is 20.8 Å². The van der Waals surface area contributed by atoms with Crippen LogP contribution in [0.4, 0.5) is 5.13 Å². The minimum absolute atomic E-state index is 0.157. The van der Waals surface area contributed by atoms with Crippen LogP contribution in [0.25, 0.3) is 0 Å². The Kier molecular flexibility index (Phi) is 5.02. The van der Waals surface area contributed by atoms with Crippen molar-refractivity contribution >= 4 is 28.2 Å². The average Bonchev–Trinajstić information content (AvgIpc) is 2.70. The summed E-state index contributed by atoms with van der Waals surface area (Å²) >= 11 is 1.05. The summed E-state index contributed by atoms with van der Waals surface area (Å²) in [5.41, 5.74) is -0.588. The molecular formula is C12H18N2O4S. The van der Waals surface area contributed by atoms with Gasteiger partial charge in [-0.25, -0.2) is 9.78 Å². The Morgan fingerprint density at radius 3 is 2.53 bits per heavy atom. The number of carboxylic acid groups (broad SMARTS) is 1. The quantitative estimate of drug-likeness (QED) is 0.747. The van der Waals surface area contributed by atoms with Gasteiger partial charge < -0.3 is 15.2 Å². The van der Waals surface area contributed by atoms with Gasteiger partial charge in [0.25, 0.3) is 0 Å². The van der Waals surface area contributed by atoms with E-state index in [4.69, 9.17) is 9.84 Å². The molecule has 0 aromatic carbocycles.